The first-order valence-corrected chi connectivity index (χ1v) is 5.46. The Hall–Kier alpha value is -1.15. The standard InChI is InChI=1S/C12H8BS/c1-3-7-11-9(5-1)13-10-6-2-4-8-12(10)14-11/h1-8H. The molecule has 1 heterocycles. The van der Waals surface area contributed by atoms with Gasteiger partial charge in [-0.15, -0.1) is 0 Å². The maximum atomic E-state index is 2.25. The second kappa shape index (κ2) is 3.21. The smallest absolute Gasteiger partial charge is 0.0913 e. The Balaban J connectivity index is 2.12. The fourth-order valence-electron chi connectivity index (χ4n) is 1.67. The van der Waals surface area contributed by atoms with Crippen LogP contribution in [0.15, 0.2) is 58.3 Å². The molecule has 0 aromatic heterocycles. The van der Waals surface area contributed by atoms with Crippen LogP contribution in [0.5, 0.6) is 0 Å². The summed E-state index contributed by atoms with van der Waals surface area (Å²) in [6.45, 7) is 0. The molecule has 1 aliphatic rings. The molecule has 0 saturated heterocycles. The first-order valence-electron chi connectivity index (χ1n) is 4.64. The molecular weight excluding hydrogens is 187 g/mol. The molecule has 2 heteroatoms. The summed E-state index contributed by atoms with van der Waals surface area (Å²) in [6, 6.07) is 17.0. The van der Waals surface area contributed by atoms with Crippen LogP contribution in [-0.4, -0.2) is 7.28 Å². The summed E-state index contributed by atoms with van der Waals surface area (Å²) in [7, 11) is 2.25. The van der Waals surface area contributed by atoms with Gasteiger partial charge in [0.25, 0.3) is 0 Å². The van der Waals surface area contributed by atoms with Gasteiger partial charge in [-0.1, -0.05) is 59.1 Å². The number of hydrogen-bond acceptors (Lipinski definition) is 1. The van der Waals surface area contributed by atoms with Gasteiger partial charge in [0.15, 0.2) is 7.28 Å². The van der Waals surface area contributed by atoms with Crippen molar-refractivity contribution >= 4 is 30.0 Å². The predicted molar refractivity (Wildman–Crippen MR) is 62.0 cm³/mol. The van der Waals surface area contributed by atoms with Gasteiger partial charge in [-0.05, 0) is 12.1 Å². The number of hydrogen-bond donors (Lipinski definition) is 0. The average molecular weight is 195 g/mol. The molecule has 0 saturated carbocycles. The monoisotopic (exact) mass is 195 g/mol. The third kappa shape index (κ3) is 1.27. The molecule has 0 atom stereocenters. The normalized spacial score (nSPS) is 12.6. The molecule has 2 aromatic carbocycles. The van der Waals surface area contributed by atoms with Crippen LogP contribution in [0.25, 0.3) is 0 Å². The van der Waals surface area contributed by atoms with E-state index in [1.165, 1.54) is 20.7 Å². The van der Waals surface area contributed by atoms with E-state index in [-0.39, 0.29) is 0 Å². The summed E-state index contributed by atoms with van der Waals surface area (Å²) < 4.78 is 0. The first kappa shape index (κ1) is 8.19. The van der Waals surface area contributed by atoms with Crippen LogP contribution in [-0.2, 0) is 0 Å². The lowest BCUT2D eigenvalue weighted by atomic mass is 9.64. The Morgan fingerprint density at radius 2 is 1.21 bits per heavy atom. The molecule has 0 spiro atoms. The summed E-state index contributed by atoms with van der Waals surface area (Å²) in [5.74, 6) is 0. The number of rotatable bonds is 0. The maximum Gasteiger partial charge on any atom is 0.194 e. The lowest BCUT2D eigenvalue weighted by Gasteiger charge is -2.17. The van der Waals surface area contributed by atoms with Gasteiger partial charge >= 0.3 is 0 Å². The Kier molecular flexibility index (Phi) is 1.88. The van der Waals surface area contributed by atoms with Crippen molar-refractivity contribution in [3.05, 3.63) is 48.5 Å². The van der Waals surface area contributed by atoms with Gasteiger partial charge < -0.3 is 0 Å². The molecule has 0 unspecified atom stereocenters. The highest BCUT2D eigenvalue weighted by molar-refractivity contribution is 8.00. The van der Waals surface area contributed by atoms with Crippen LogP contribution < -0.4 is 10.9 Å². The second-order valence-electron chi connectivity index (χ2n) is 3.32. The van der Waals surface area contributed by atoms with Crippen molar-refractivity contribution in [3.8, 4) is 0 Å². The summed E-state index contributed by atoms with van der Waals surface area (Å²) in [5.41, 5.74) is 2.66. The van der Waals surface area contributed by atoms with Gasteiger partial charge in [-0.2, -0.15) is 0 Å². The molecule has 2 aromatic rings. The van der Waals surface area contributed by atoms with Crippen LogP contribution in [0.4, 0.5) is 0 Å². The van der Waals surface area contributed by atoms with E-state index in [1.54, 1.807) is 0 Å². The summed E-state index contributed by atoms with van der Waals surface area (Å²) >= 11 is 1.85. The fourth-order valence-corrected chi connectivity index (χ4v) is 2.69. The van der Waals surface area contributed by atoms with E-state index >= 15 is 0 Å². The number of benzene rings is 2. The summed E-state index contributed by atoms with van der Waals surface area (Å²) in [5, 5.41) is 0. The van der Waals surface area contributed by atoms with Gasteiger partial charge in [-0.3, -0.25) is 0 Å². The van der Waals surface area contributed by atoms with Crippen LogP contribution in [0.2, 0.25) is 0 Å². The fraction of sp³-hybridized carbons (Fsp3) is 0. The van der Waals surface area contributed by atoms with Crippen molar-refractivity contribution in [1.82, 2.24) is 0 Å². The topological polar surface area (TPSA) is 0 Å². The minimum absolute atomic E-state index is 1.33. The lowest BCUT2D eigenvalue weighted by molar-refractivity contribution is 1.44. The third-order valence-electron chi connectivity index (χ3n) is 2.37. The summed E-state index contributed by atoms with van der Waals surface area (Å²) in [4.78, 5) is 2.71. The number of fused-ring (bicyclic) bond motifs is 2. The Morgan fingerprint density at radius 3 is 1.79 bits per heavy atom. The molecule has 0 aliphatic carbocycles. The van der Waals surface area contributed by atoms with Gasteiger partial charge in [0.1, 0.15) is 0 Å². The Labute approximate surface area is 88.6 Å². The van der Waals surface area contributed by atoms with E-state index in [4.69, 9.17) is 0 Å². The van der Waals surface area contributed by atoms with Crippen molar-refractivity contribution in [2.75, 3.05) is 0 Å². The quantitative estimate of drug-likeness (QED) is 0.493. The van der Waals surface area contributed by atoms with E-state index in [0.717, 1.165) is 0 Å². The average Bonchev–Trinajstić information content (AvgIpc) is 2.26. The van der Waals surface area contributed by atoms with Crippen molar-refractivity contribution in [1.29, 1.82) is 0 Å². The highest BCUT2D eigenvalue weighted by atomic mass is 32.2. The molecule has 0 amide bonds. The van der Waals surface area contributed by atoms with E-state index in [2.05, 4.69) is 55.8 Å². The van der Waals surface area contributed by atoms with Crippen molar-refractivity contribution in [3.63, 3.8) is 0 Å². The minimum atomic E-state index is 1.33. The van der Waals surface area contributed by atoms with Crippen LogP contribution in [0, 0.1) is 0 Å². The molecule has 0 nitrogen and oxygen atoms in total. The van der Waals surface area contributed by atoms with Crippen molar-refractivity contribution in [2.24, 2.45) is 0 Å². The molecule has 14 heavy (non-hydrogen) atoms. The molecule has 1 aliphatic heterocycles. The lowest BCUT2D eigenvalue weighted by Crippen LogP contribution is -2.33. The van der Waals surface area contributed by atoms with Crippen LogP contribution >= 0.6 is 11.8 Å². The maximum absolute atomic E-state index is 2.25. The predicted octanol–water partition coefficient (Wildman–Crippen LogP) is 1.81. The van der Waals surface area contributed by atoms with Gasteiger partial charge in [0.2, 0.25) is 0 Å². The highest BCUT2D eigenvalue weighted by Gasteiger charge is 2.15. The molecule has 1 radical (unpaired) electrons. The van der Waals surface area contributed by atoms with E-state index in [0.29, 0.717) is 0 Å². The zero-order valence-electron chi connectivity index (χ0n) is 7.60. The van der Waals surface area contributed by atoms with Crippen LogP contribution in [0.3, 0.4) is 0 Å². The molecular formula is C12H8BS. The molecule has 0 N–H and O–H groups in total. The minimum Gasteiger partial charge on any atom is -0.0913 e. The van der Waals surface area contributed by atoms with E-state index in [1.807, 2.05) is 11.8 Å². The third-order valence-corrected chi connectivity index (χ3v) is 3.55. The SMILES string of the molecule is [B]1c2ccccc2Sc2ccccc21. The van der Waals surface area contributed by atoms with Gasteiger partial charge in [0.05, 0.1) is 0 Å². The zero-order valence-corrected chi connectivity index (χ0v) is 8.42. The molecule has 65 valence electrons. The summed E-state index contributed by atoms with van der Waals surface area (Å²) in [6.07, 6.45) is 0. The van der Waals surface area contributed by atoms with E-state index in [9.17, 15) is 0 Å². The highest BCUT2D eigenvalue weighted by Crippen LogP contribution is 2.26. The Morgan fingerprint density at radius 1 is 0.714 bits per heavy atom. The van der Waals surface area contributed by atoms with Crippen molar-refractivity contribution in [2.45, 2.75) is 9.79 Å². The largest absolute Gasteiger partial charge is 0.194 e. The van der Waals surface area contributed by atoms with Crippen molar-refractivity contribution < 1.29 is 0 Å². The molecule has 0 bridgehead atoms. The van der Waals surface area contributed by atoms with Gasteiger partial charge in [-0.25, -0.2) is 0 Å². The molecule has 3 rings (SSSR count). The van der Waals surface area contributed by atoms with E-state index < -0.39 is 0 Å². The van der Waals surface area contributed by atoms with Gasteiger partial charge in [0, 0.05) is 9.79 Å². The zero-order chi connectivity index (χ0) is 9.38. The molecule has 0 fully saturated rings. The first-order chi connectivity index (χ1) is 6.93. The van der Waals surface area contributed by atoms with Crippen LogP contribution in [0.1, 0.15) is 0 Å². The second-order valence-corrected chi connectivity index (χ2v) is 4.41. The Bertz CT molecular complexity index is 392.